The second-order valence-electron chi connectivity index (χ2n) is 24.9. The Morgan fingerprint density at radius 3 is 1.00 bits per heavy atom. The fourth-order valence-electron chi connectivity index (χ4n) is 11.4. The third-order valence-corrected chi connectivity index (χ3v) is 16.9. The molecule has 6 nitrogen and oxygen atoms in total. The van der Waals surface area contributed by atoms with Crippen molar-refractivity contribution in [3.05, 3.63) is 36.5 Å². The topological polar surface area (TPSA) is 95.9 Å². The van der Waals surface area contributed by atoms with E-state index in [1.54, 1.807) is 0 Å². The van der Waals surface area contributed by atoms with Crippen molar-refractivity contribution in [1.29, 1.82) is 0 Å². The maximum absolute atomic E-state index is 12.5. The number of rotatable bonds is 68. The molecule has 0 aromatic carbocycles. The first-order valence-corrected chi connectivity index (χ1v) is 36.2. The molecule has 80 heavy (non-hydrogen) atoms. The summed E-state index contributed by atoms with van der Waals surface area (Å²) >= 11 is 0. The minimum Gasteiger partial charge on any atom is -0.466 e. The molecule has 0 bridgehead atoms. The SMILES string of the molecule is CCCC/C=C\CCCCCCCC(=O)OCCCCCCCCCCC/C=C\C/C=C\CCCCCCCCCCCCCCCCCCCC(=O)NC(CO)C(O)CCCCCCCCCCCCCCCCCCCCC. The zero-order chi connectivity index (χ0) is 57.8. The lowest BCUT2D eigenvalue weighted by atomic mass is 10.0. The van der Waals surface area contributed by atoms with E-state index in [1.165, 1.54) is 315 Å². The second-order valence-corrected chi connectivity index (χ2v) is 24.9. The molecule has 0 aromatic rings. The second kappa shape index (κ2) is 69.6. The van der Waals surface area contributed by atoms with Gasteiger partial charge in [0, 0.05) is 12.8 Å². The van der Waals surface area contributed by atoms with E-state index in [0.717, 1.165) is 51.4 Å². The Hall–Kier alpha value is -1.92. The zero-order valence-corrected chi connectivity index (χ0v) is 54.1. The van der Waals surface area contributed by atoms with Crippen molar-refractivity contribution >= 4 is 11.9 Å². The van der Waals surface area contributed by atoms with E-state index < -0.39 is 12.1 Å². The number of nitrogens with one attached hydrogen (secondary N) is 1. The number of hydrogen-bond donors (Lipinski definition) is 3. The van der Waals surface area contributed by atoms with Crippen LogP contribution in [0.5, 0.6) is 0 Å². The Morgan fingerprint density at radius 1 is 0.350 bits per heavy atom. The average molecular weight is 1120 g/mol. The number of allylic oxidation sites excluding steroid dienone is 6. The molecular formula is C74H141NO5. The largest absolute Gasteiger partial charge is 0.466 e. The van der Waals surface area contributed by atoms with Gasteiger partial charge in [-0.2, -0.15) is 0 Å². The summed E-state index contributed by atoms with van der Waals surface area (Å²) < 4.78 is 5.46. The van der Waals surface area contributed by atoms with Gasteiger partial charge in [0.15, 0.2) is 0 Å². The lowest BCUT2D eigenvalue weighted by Crippen LogP contribution is -2.45. The molecule has 0 aliphatic carbocycles. The third kappa shape index (κ3) is 65.2. The predicted molar refractivity (Wildman–Crippen MR) is 352 cm³/mol. The Bertz CT molecular complexity index is 1300. The average Bonchev–Trinajstić information content (AvgIpc) is 3.46. The summed E-state index contributed by atoms with van der Waals surface area (Å²) in [7, 11) is 0. The molecule has 0 aromatic heterocycles. The Kier molecular flexibility index (Phi) is 67.9. The van der Waals surface area contributed by atoms with Crippen LogP contribution in [0.2, 0.25) is 0 Å². The third-order valence-electron chi connectivity index (χ3n) is 16.9. The molecule has 2 unspecified atom stereocenters. The van der Waals surface area contributed by atoms with Gasteiger partial charge in [0.25, 0.3) is 0 Å². The van der Waals surface area contributed by atoms with Gasteiger partial charge in [-0.15, -0.1) is 0 Å². The maximum Gasteiger partial charge on any atom is 0.305 e. The summed E-state index contributed by atoms with van der Waals surface area (Å²) in [5, 5.41) is 23.4. The van der Waals surface area contributed by atoms with Crippen LogP contribution in [0, 0.1) is 0 Å². The Labute approximate surface area is 500 Å². The van der Waals surface area contributed by atoms with Crippen molar-refractivity contribution in [2.24, 2.45) is 0 Å². The number of aliphatic hydroxyl groups is 2. The predicted octanol–water partition coefficient (Wildman–Crippen LogP) is 23.5. The molecule has 0 fully saturated rings. The molecule has 6 heteroatoms. The van der Waals surface area contributed by atoms with Gasteiger partial charge in [-0.05, 0) is 77.0 Å². The monoisotopic (exact) mass is 1120 g/mol. The summed E-state index contributed by atoms with van der Waals surface area (Å²) in [6.45, 7) is 4.94. The number of unbranched alkanes of at least 4 members (excludes halogenated alkanes) is 51. The van der Waals surface area contributed by atoms with E-state index in [9.17, 15) is 19.8 Å². The standard InChI is InChI=1S/C74H141NO5/c1-3-5-7-9-11-13-15-16-17-18-34-37-40-43-47-50-54-58-62-66-72(77)71(70-76)75-73(78)67-63-59-55-51-48-44-41-38-35-32-30-28-26-24-22-20-19-21-23-25-27-29-31-33-36-39-42-45-49-53-57-61-65-69-80-74(79)68-64-60-56-52-46-14-12-10-8-6-4-2/h10,12,23,25,29,31,71-72,76-77H,3-9,11,13-22,24,26-28,30,32-70H2,1-2H3,(H,75,78)/b12-10-,25-23-,31-29-. The number of aliphatic hydroxyl groups excluding tert-OH is 2. The van der Waals surface area contributed by atoms with Crippen LogP contribution in [0.15, 0.2) is 36.5 Å². The highest BCUT2D eigenvalue weighted by Crippen LogP contribution is 2.19. The summed E-state index contributed by atoms with van der Waals surface area (Å²) in [5.74, 6) is -0.0258. The van der Waals surface area contributed by atoms with E-state index in [1.807, 2.05) is 0 Å². The van der Waals surface area contributed by atoms with Crippen LogP contribution in [-0.4, -0.2) is 47.4 Å². The molecule has 0 radical (unpaired) electrons. The number of ether oxygens (including phenoxy) is 1. The Morgan fingerprint density at radius 2 is 0.637 bits per heavy atom. The van der Waals surface area contributed by atoms with Crippen LogP contribution < -0.4 is 5.32 Å². The number of carbonyl (C=O) groups is 2. The Balaban J connectivity index is 3.38. The first kappa shape index (κ1) is 78.1. The number of amides is 1. The molecule has 0 aliphatic heterocycles. The molecule has 472 valence electrons. The van der Waals surface area contributed by atoms with Crippen LogP contribution in [-0.2, 0) is 14.3 Å². The fraction of sp³-hybridized carbons (Fsp3) is 0.892. The van der Waals surface area contributed by atoms with Crippen molar-refractivity contribution in [2.45, 2.75) is 411 Å². The summed E-state index contributed by atoms with van der Waals surface area (Å²) in [4.78, 5) is 24.5. The lowest BCUT2D eigenvalue weighted by Gasteiger charge is -2.22. The first-order chi connectivity index (χ1) is 39.5. The van der Waals surface area contributed by atoms with Crippen LogP contribution in [0.4, 0.5) is 0 Å². The highest BCUT2D eigenvalue weighted by atomic mass is 16.5. The number of hydrogen-bond acceptors (Lipinski definition) is 5. The minimum absolute atomic E-state index is 0.00336. The van der Waals surface area contributed by atoms with Crippen LogP contribution in [0.25, 0.3) is 0 Å². The highest BCUT2D eigenvalue weighted by molar-refractivity contribution is 5.76. The van der Waals surface area contributed by atoms with Gasteiger partial charge in [-0.3, -0.25) is 9.59 Å². The quantitative estimate of drug-likeness (QED) is 0.0320. The van der Waals surface area contributed by atoms with Crippen LogP contribution in [0.3, 0.4) is 0 Å². The summed E-state index contributed by atoms with van der Waals surface area (Å²) in [5.41, 5.74) is 0. The van der Waals surface area contributed by atoms with E-state index in [-0.39, 0.29) is 18.5 Å². The molecule has 0 saturated heterocycles. The molecule has 2 atom stereocenters. The summed E-state index contributed by atoms with van der Waals surface area (Å²) in [6.07, 6.45) is 89.2. The smallest absolute Gasteiger partial charge is 0.305 e. The fourth-order valence-corrected chi connectivity index (χ4v) is 11.4. The van der Waals surface area contributed by atoms with Crippen molar-refractivity contribution in [2.75, 3.05) is 13.2 Å². The van der Waals surface area contributed by atoms with Crippen LogP contribution in [0.1, 0.15) is 399 Å². The minimum atomic E-state index is -0.664. The molecule has 0 aliphatic rings. The van der Waals surface area contributed by atoms with Gasteiger partial charge >= 0.3 is 5.97 Å². The van der Waals surface area contributed by atoms with Gasteiger partial charge in [-0.1, -0.05) is 346 Å². The summed E-state index contributed by atoms with van der Waals surface area (Å²) in [6, 6.07) is -0.541. The maximum atomic E-state index is 12.5. The molecule has 1 amide bonds. The van der Waals surface area contributed by atoms with Crippen molar-refractivity contribution in [1.82, 2.24) is 5.32 Å². The van der Waals surface area contributed by atoms with E-state index in [0.29, 0.717) is 25.9 Å². The molecule has 3 N–H and O–H groups in total. The van der Waals surface area contributed by atoms with Gasteiger partial charge in [0.05, 0.1) is 25.4 Å². The molecular weight excluding hydrogens is 983 g/mol. The van der Waals surface area contributed by atoms with E-state index in [2.05, 4.69) is 55.6 Å². The van der Waals surface area contributed by atoms with Gasteiger partial charge in [0.2, 0.25) is 5.91 Å². The number of esters is 1. The first-order valence-electron chi connectivity index (χ1n) is 36.2. The van der Waals surface area contributed by atoms with Crippen molar-refractivity contribution in [3.63, 3.8) is 0 Å². The van der Waals surface area contributed by atoms with E-state index in [4.69, 9.17) is 4.74 Å². The van der Waals surface area contributed by atoms with Gasteiger partial charge in [-0.25, -0.2) is 0 Å². The van der Waals surface area contributed by atoms with Gasteiger partial charge in [0.1, 0.15) is 0 Å². The van der Waals surface area contributed by atoms with Crippen molar-refractivity contribution < 1.29 is 24.5 Å². The molecule has 0 heterocycles. The van der Waals surface area contributed by atoms with Crippen LogP contribution >= 0.6 is 0 Å². The number of carbonyl (C=O) groups excluding carboxylic acids is 2. The molecule has 0 spiro atoms. The highest BCUT2D eigenvalue weighted by Gasteiger charge is 2.20. The van der Waals surface area contributed by atoms with Gasteiger partial charge < -0.3 is 20.3 Å². The van der Waals surface area contributed by atoms with E-state index >= 15 is 0 Å². The van der Waals surface area contributed by atoms with Crippen molar-refractivity contribution in [3.8, 4) is 0 Å². The zero-order valence-electron chi connectivity index (χ0n) is 54.1. The molecule has 0 rings (SSSR count). The normalized spacial score (nSPS) is 12.7. The molecule has 0 saturated carbocycles. The lowest BCUT2D eigenvalue weighted by molar-refractivity contribution is -0.143.